The lowest BCUT2D eigenvalue weighted by atomic mass is 10.2. The minimum atomic E-state index is -0.381. The van der Waals surface area contributed by atoms with Gasteiger partial charge in [-0.1, -0.05) is 29.3 Å². The second-order valence-corrected chi connectivity index (χ2v) is 7.12. The fourth-order valence-electron chi connectivity index (χ4n) is 2.07. The highest BCUT2D eigenvalue weighted by molar-refractivity contribution is 7.14. The number of aryl methyl sites for hydroxylation is 1. The molecule has 3 rings (SSSR count). The number of hydrogen-bond acceptors (Lipinski definition) is 4. The summed E-state index contributed by atoms with van der Waals surface area (Å²) < 4.78 is 0. The molecule has 0 aliphatic rings. The van der Waals surface area contributed by atoms with Crippen molar-refractivity contribution >= 4 is 57.2 Å². The lowest BCUT2D eigenvalue weighted by Gasteiger charge is -2.05. The lowest BCUT2D eigenvalue weighted by Crippen LogP contribution is -2.14. The van der Waals surface area contributed by atoms with Crippen LogP contribution in [0.2, 0.25) is 10.0 Å². The van der Waals surface area contributed by atoms with E-state index in [9.17, 15) is 9.59 Å². The Kier molecular flexibility index (Phi) is 5.56. The van der Waals surface area contributed by atoms with Gasteiger partial charge in [-0.05, 0) is 48.9 Å². The molecule has 3 aromatic rings. The van der Waals surface area contributed by atoms with Gasteiger partial charge in [0.2, 0.25) is 0 Å². The van der Waals surface area contributed by atoms with Gasteiger partial charge in [-0.25, -0.2) is 4.98 Å². The van der Waals surface area contributed by atoms with E-state index in [1.165, 1.54) is 0 Å². The predicted molar refractivity (Wildman–Crippen MR) is 106 cm³/mol. The first kappa shape index (κ1) is 18.4. The van der Waals surface area contributed by atoms with Crippen LogP contribution in [0.5, 0.6) is 0 Å². The van der Waals surface area contributed by atoms with Gasteiger partial charge < -0.3 is 5.32 Å². The Morgan fingerprint density at radius 1 is 1.00 bits per heavy atom. The minimum Gasteiger partial charge on any atom is -0.321 e. The van der Waals surface area contributed by atoms with Gasteiger partial charge in [0.25, 0.3) is 11.8 Å². The molecule has 8 heteroatoms. The normalized spacial score (nSPS) is 10.4. The van der Waals surface area contributed by atoms with Gasteiger partial charge in [-0.3, -0.25) is 14.9 Å². The molecule has 2 aromatic carbocycles. The molecule has 0 bridgehead atoms. The summed E-state index contributed by atoms with van der Waals surface area (Å²) in [7, 11) is 0. The van der Waals surface area contributed by atoms with Crippen molar-refractivity contribution in [2.45, 2.75) is 6.92 Å². The average molecular weight is 406 g/mol. The molecule has 2 amide bonds. The van der Waals surface area contributed by atoms with Gasteiger partial charge >= 0.3 is 0 Å². The number of nitrogens with one attached hydrogen (secondary N) is 2. The number of hydrogen-bond donors (Lipinski definition) is 2. The summed E-state index contributed by atoms with van der Waals surface area (Å²) in [5.74, 6) is -0.707. The molecule has 0 spiro atoms. The van der Waals surface area contributed by atoms with E-state index in [1.54, 1.807) is 41.8 Å². The molecular weight excluding hydrogens is 393 g/mol. The topological polar surface area (TPSA) is 71.1 Å². The summed E-state index contributed by atoms with van der Waals surface area (Å²) in [5.41, 5.74) is 2.15. The third-order valence-electron chi connectivity index (χ3n) is 3.49. The first-order valence-electron chi connectivity index (χ1n) is 7.52. The number of thiazole rings is 1. The summed E-state index contributed by atoms with van der Waals surface area (Å²) in [5, 5.41) is 8.40. The van der Waals surface area contributed by atoms with E-state index in [2.05, 4.69) is 15.6 Å². The van der Waals surface area contributed by atoms with Crippen LogP contribution in [-0.4, -0.2) is 16.8 Å². The Bertz CT molecular complexity index is 971. The van der Waals surface area contributed by atoms with E-state index in [0.717, 1.165) is 16.9 Å². The molecule has 1 heterocycles. The number of nitrogens with zero attached hydrogens (tertiary/aromatic N) is 1. The molecule has 26 heavy (non-hydrogen) atoms. The van der Waals surface area contributed by atoms with Crippen molar-refractivity contribution in [1.29, 1.82) is 0 Å². The van der Waals surface area contributed by atoms with Crippen LogP contribution in [0.1, 0.15) is 26.4 Å². The van der Waals surface area contributed by atoms with E-state index >= 15 is 0 Å². The molecule has 0 atom stereocenters. The quantitative estimate of drug-likeness (QED) is 0.621. The zero-order valence-electron chi connectivity index (χ0n) is 13.5. The Labute approximate surface area is 164 Å². The molecule has 0 aliphatic heterocycles. The van der Waals surface area contributed by atoms with E-state index in [-0.39, 0.29) is 17.5 Å². The summed E-state index contributed by atoms with van der Waals surface area (Å²) in [6.45, 7) is 1.88. The maximum atomic E-state index is 12.3. The molecule has 2 N–H and O–H groups in total. The van der Waals surface area contributed by atoms with Crippen LogP contribution in [0.3, 0.4) is 0 Å². The molecule has 132 valence electrons. The van der Waals surface area contributed by atoms with Crippen molar-refractivity contribution < 1.29 is 9.59 Å². The highest BCUT2D eigenvalue weighted by Crippen LogP contribution is 2.22. The van der Waals surface area contributed by atoms with Gasteiger partial charge in [-0.2, -0.15) is 0 Å². The average Bonchev–Trinajstić information content (AvgIpc) is 3.07. The van der Waals surface area contributed by atoms with Gasteiger partial charge in [0.05, 0.1) is 0 Å². The standard InChI is InChI=1S/C18H13Cl2N3O2S/c1-10-2-7-13(8-14(10)20)21-17(25)15-9-26-18(22-15)23-16(24)11-3-5-12(19)6-4-11/h2-9H,1H3,(H,21,25)(H,22,23,24). The van der Waals surface area contributed by atoms with E-state index < -0.39 is 0 Å². The fraction of sp³-hybridized carbons (Fsp3) is 0.0556. The fourth-order valence-corrected chi connectivity index (χ4v) is 3.06. The SMILES string of the molecule is Cc1ccc(NC(=O)c2csc(NC(=O)c3ccc(Cl)cc3)n2)cc1Cl. The number of carbonyl (C=O) groups excluding carboxylic acids is 2. The Morgan fingerprint density at radius 2 is 1.73 bits per heavy atom. The van der Waals surface area contributed by atoms with E-state index in [0.29, 0.717) is 26.4 Å². The Balaban J connectivity index is 1.66. The number of aromatic nitrogens is 1. The van der Waals surface area contributed by atoms with Crippen LogP contribution in [0.4, 0.5) is 10.8 Å². The zero-order chi connectivity index (χ0) is 18.7. The zero-order valence-corrected chi connectivity index (χ0v) is 15.9. The molecule has 0 fully saturated rings. The molecular formula is C18H13Cl2N3O2S. The van der Waals surface area contributed by atoms with Crippen LogP contribution < -0.4 is 10.6 Å². The molecule has 5 nitrogen and oxygen atoms in total. The van der Waals surface area contributed by atoms with Crippen molar-refractivity contribution in [1.82, 2.24) is 4.98 Å². The molecule has 0 aliphatic carbocycles. The smallest absolute Gasteiger partial charge is 0.275 e. The van der Waals surface area contributed by atoms with Gasteiger partial charge in [0.1, 0.15) is 5.69 Å². The van der Waals surface area contributed by atoms with Crippen molar-refractivity contribution in [3.8, 4) is 0 Å². The van der Waals surface area contributed by atoms with Gasteiger partial charge in [0, 0.05) is 26.7 Å². The lowest BCUT2D eigenvalue weighted by molar-refractivity contribution is 0.101. The van der Waals surface area contributed by atoms with Crippen LogP contribution in [0, 0.1) is 6.92 Å². The van der Waals surface area contributed by atoms with Crippen molar-refractivity contribution in [2.75, 3.05) is 10.6 Å². The van der Waals surface area contributed by atoms with E-state index in [4.69, 9.17) is 23.2 Å². The van der Waals surface area contributed by atoms with Gasteiger partial charge in [-0.15, -0.1) is 11.3 Å². The van der Waals surface area contributed by atoms with Gasteiger partial charge in [0.15, 0.2) is 5.13 Å². The Hall–Kier alpha value is -2.41. The van der Waals surface area contributed by atoms with Crippen molar-refractivity contribution in [2.24, 2.45) is 0 Å². The van der Waals surface area contributed by atoms with Crippen LogP contribution >= 0.6 is 34.5 Å². The number of rotatable bonds is 4. The third kappa shape index (κ3) is 4.40. The molecule has 0 saturated heterocycles. The third-order valence-corrected chi connectivity index (χ3v) is 4.91. The first-order valence-corrected chi connectivity index (χ1v) is 9.16. The second kappa shape index (κ2) is 7.86. The van der Waals surface area contributed by atoms with Crippen LogP contribution in [0.15, 0.2) is 47.8 Å². The molecule has 0 unspecified atom stereocenters. The molecule has 0 saturated carbocycles. The number of benzene rings is 2. The predicted octanol–water partition coefficient (Wildman–Crippen LogP) is 5.26. The largest absolute Gasteiger partial charge is 0.321 e. The number of amides is 2. The summed E-state index contributed by atoms with van der Waals surface area (Å²) in [6, 6.07) is 11.7. The highest BCUT2D eigenvalue weighted by Gasteiger charge is 2.14. The van der Waals surface area contributed by atoms with E-state index in [1.807, 2.05) is 13.0 Å². The summed E-state index contributed by atoms with van der Waals surface area (Å²) >= 11 is 13.0. The molecule has 1 aromatic heterocycles. The van der Waals surface area contributed by atoms with Crippen LogP contribution in [0.25, 0.3) is 0 Å². The first-order chi connectivity index (χ1) is 12.4. The summed E-state index contributed by atoms with van der Waals surface area (Å²) in [6.07, 6.45) is 0. The van der Waals surface area contributed by atoms with Crippen molar-refractivity contribution in [3.63, 3.8) is 0 Å². The maximum Gasteiger partial charge on any atom is 0.275 e. The van der Waals surface area contributed by atoms with Crippen LogP contribution in [-0.2, 0) is 0 Å². The summed E-state index contributed by atoms with van der Waals surface area (Å²) in [4.78, 5) is 28.6. The monoisotopic (exact) mass is 405 g/mol. The molecule has 0 radical (unpaired) electrons. The Morgan fingerprint density at radius 3 is 2.42 bits per heavy atom. The number of anilines is 2. The number of halogens is 2. The maximum absolute atomic E-state index is 12.3. The minimum absolute atomic E-state index is 0.207. The number of carbonyl (C=O) groups is 2. The second-order valence-electron chi connectivity index (χ2n) is 5.42. The highest BCUT2D eigenvalue weighted by atomic mass is 35.5. The van der Waals surface area contributed by atoms with Crippen molar-refractivity contribution in [3.05, 3.63) is 74.7 Å².